The summed E-state index contributed by atoms with van der Waals surface area (Å²) < 4.78 is 1.02. The molecule has 0 aromatic rings. The Hall–Kier alpha value is -0.220. The molecule has 56 valence electrons. The van der Waals surface area contributed by atoms with Gasteiger partial charge in [0.25, 0.3) is 0 Å². The third-order valence-corrected chi connectivity index (χ3v) is 4.55. The standard InChI is InChI=1S/C6H7BrO2S/c7-5-2-1-3-10(5)4-6(8)9/h1-3,10H,4H2,(H,8,9). The molecule has 1 N–H and O–H groups in total. The highest BCUT2D eigenvalue weighted by Crippen LogP contribution is 2.43. The molecule has 2 nitrogen and oxygen atoms in total. The van der Waals surface area contributed by atoms with E-state index in [4.69, 9.17) is 5.11 Å². The summed E-state index contributed by atoms with van der Waals surface area (Å²) in [5.74, 6) is -0.494. The van der Waals surface area contributed by atoms with Gasteiger partial charge < -0.3 is 5.11 Å². The number of carbonyl (C=O) groups is 1. The lowest BCUT2D eigenvalue weighted by atomic mass is 10.6. The second-order valence-corrected chi connectivity index (χ2v) is 5.36. The van der Waals surface area contributed by atoms with E-state index in [-0.39, 0.29) is 5.75 Å². The van der Waals surface area contributed by atoms with Crippen molar-refractivity contribution in [3.05, 3.63) is 21.4 Å². The topological polar surface area (TPSA) is 37.3 Å². The summed E-state index contributed by atoms with van der Waals surface area (Å²) in [6, 6.07) is 0. The van der Waals surface area contributed by atoms with E-state index in [9.17, 15) is 4.79 Å². The van der Waals surface area contributed by atoms with Crippen LogP contribution in [0.25, 0.3) is 0 Å². The number of carboxylic acids is 1. The molecule has 0 aromatic heterocycles. The number of aliphatic carboxylic acids is 1. The van der Waals surface area contributed by atoms with Crippen molar-refractivity contribution in [3.63, 3.8) is 0 Å². The molecule has 1 heterocycles. The molecular formula is C6H7BrO2S. The van der Waals surface area contributed by atoms with E-state index < -0.39 is 16.9 Å². The van der Waals surface area contributed by atoms with Crippen LogP contribution in [0.5, 0.6) is 0 Å². The summed E-state index contributed by atoms with van der Waals surface area (Å²) in [5, 5.41) is 10.4. The Bertz CT molecular complexity index is 210. The lowest BCUT2D eigenvalue weighted by Gasteiger charge is -2.08. The molecule has 1 atom stereocenters. The van der Waals surface area contributed by atoms with E-state index in [0.717, 1.165) is 3.81 Å². The largest absolute Gasteiger partial charge is 0.481 e. The minimum Gasteiger partial charge on any atom is -0.481 e. The van der Waals surface area contributed by atoms with Crippen LogP contribution in [0.15, 0.2) is 21.4 Å². The van der Waals surface area contributed by atoms with Gasteiger partial charge in [-0.2, -0.15) is 10.9 Å². The average Bonchev–Trinajstić information content (AvgIpc) is 2.15. The fourth-order valence-electron chi connectivity index (χ4n) is 0.667. The molecule has 0 aliphatic carbocycles. The highest BCUT2D eigenvalue weighted by atomic mass is 79.9. The monoisotopic (exact) mass is 222 g/mol. The fraction of sp³-hybridized carbons (Fsp3) is 0.167. The molecule has 0 bridgehead atoms. The van der Waals surface area contributed by atoms with Crippen LogP contribution in [0.3, 0.4) is 0 Å². The number of halogens is 1. The predicted octanol–water partition coefficient (Wildman–Crippen LogP) is 1.84. The van der Waals surface area contributed by atoms with E-state index in [1.165, 1.54) is 0 Å². The Morgan fingerprint density at radius 1 is 1.80 bits per heavy atom. The molecule has 0 aromatic carbocycles. The van der Waals surface area contributed by atoms with Gasteiger partial charge in [-0.25, -0.2) is 0 Å². The van der Waals surface area contributed by atoms with Gasteiger partial charge in [-0.15, -0.1) is 0 Å². The van der Waals surface area contributed by atoms with Crippen molar-refractivity contribution in [3.8, 4) is 0 Å². The molecule has 1 aliphatic heterocycles. The molecular weight excluding hydrogens is 216 g/mol. The van der Waals surface area contributed by atoms with Crippen LogP contribution in [-0.2, 0) is 4.79 Å². The molecule has 0 spiro atoms. The van der Waals surface area contributed by atoms with Crippen molar-refractivity contribution in [1.82, 2.24) is 0 Å². The van der Waals surface area contributed by atoms with Gasteiger partial charge in [-0.3, -0.25) is 4.79 Å². The molecule has 1 rings (SSSR count). The van der Waals surface area contributed by atoms with Crippen molar-refractivity contribution in [2.75, 3.05) is 5.75 Å². The number of rotatable bonds is 2. The Morgan fingerprint density at radius 3 is 2.90 bits per heavy atom. The van der Waals surface area contributed by atoms with Gasteiger partial charge in [0, 0.05) is 3.81 Å². The van der Waals surface area contributed by atoms with Crippen molar-refractivity contribution in [1.29, 1.82) is 0 Å². The highest BCUT2D eigenvalue weighted by molar-refractivity contribution is 9.14. The average molecular weight is 223 g/mol. The molecule has 4 heteroatoms. The number of thiol groups is 1. The molecule has 0 amide bonds. The number of hydrogen-bond donors (Lipinski definition) is 2. The van der Waals surface area contributed by atoms with Crippen LogP contribution in [0.4, 0.5) is 0 Å². The SMILES string of the molecule is O=C(O)C[SH]1C=CC=C1Br. The van der Waals surface area contributed by atoms with Gasteiger partial charge in [0.05, 0.1) is 5.75 Å². The Balaban J connectivity index is 2.51. The van der Waals surface area contributed by atoms with E-state index in [1.807, 2.05) is 17.6 Å². The van der Waals surface area contributed by atoms with Crippen molar-refractivity contribution in [2.45, 2.75) is 0 Å². The lowest BCUT2D eigenvalue weighted by molar-refractivity contribution is -0.133. The normalized spacial score (nSPS) is 26.5. The van der Waals surface area contributed by atoms with Crippen LogP contribution in [0.1, 0.15) is 0 Å². The van der Waals surface area contributed by atoms with E-state index in [2.05, 4.69) is 15.9 Å². The van der Waals surface area contributed by atoms with Crippen molar-refractivity contribution in [2.24, 2.45) is 0 Å². The first kappa shape index (κ1) is 7.88. The summed E-state index contributed by atoms with van der Waals surface area (Å²) in [4.78, 5) is 10.2. The van der Waals surface area contributed by atoms with Gasteiger partial charge in [0.2, 0.25) is 0 Å². The second-order valence-electron chi connectivity index (χ2n) is 1.85. The van der Waals surface area contributed by atoms with Gasteiger partial charge in [-0.05, 0) is 27.4 Å². The Kier molecular flexibility index (Phi) is 2.56. The van der Waals surface area contributed by atoms with Crippen molar-refractivity contribution < 1.29 is 9.90 Å². The molecule has 10 heavy (non-hydrogen) atoms. The minimum atomic E-state index is -0.733. The van der Waals surface area contributed by atoms with Crippen LogP contribution < -0.4 is 0 Å². The molecule has 0 saturated carbocycles. The molecule has 1 unspecified atom stereocenters. The van der Waals surface area contributed by atoms with Gasteiger partial charge in [0.1, 0.15) is 0 Å². The number of allylic oxidation sites excluding steroid dienone is 2. The minimum absolute atomic E-state index is 0.239. The van der Waals surface area contributed by atoms with E-state index in [0.29, 0.717) is 0 Å². The molecule has 0 radical (unpaired) electrons. The summed E-state index contributed by atoms with van der Waals surface area (Å²) >= 11 is 3.30. The van der Waals surface area contributed by atoms with Crippen LogP contribution in [-0.4, -0.2) is 16.8 Å². The molecule has 1 aliphatic rings. The smallest absolute Gasteiger partial charge is 0.312 e. The fourth-order valence-corrected chi connectivity index (χ4v) is 2.81. The zero-order chi connectivity index (χ0) is 7.56. The summed E-state index contributed by atoms with van der Waals surface area (Å²) in [6.07, 6.45) is 3.79. The van der Waals surface area contributed by atoms with Crippen LogP contribution >= 0.6 is 26.8 Å². The lowest BCUT2D eigenvalue weighted by Crippen LogP contribution is -2.00. The zero-order valence-electron chi connectivity index (χ0n) is 5.12. The number of carboxylic acid groups (broad SMARTS) is 1. The van der Waals surface area contributed by atoms with E-state index in [1.54, 1.807) is 0 Å². The Labute approximate surface area is 70.1 Å². The van der Waals surface area contributed by atoms with Gasteiger partial charge in [0.15, 0.2) is 0 Å². The molecule has 0 saturated heterocycles. The first-order chi connectivity index (χ1) is 4.70. The summed E-state index contributed by atoms with van der Waals surface area (Å²) in [7, 11) is -0.548. The highest BCUT2D eigenvalue weighted by Gasteiger charge is 2.10. The van der Waals surface area contributed by atoms with Gasteiger partial charge >= 0.3 is 5.97 Å². The molecule has 0 fully saturated rings. The first-order valence-electron chi connectivity index (χ1n) is 2.72. The van der Waals surface area contributed by atoms with E-state index >= 15 is 0 Å². The third kappa shape index (κ3) is 1.88. The Morgan fingerprint density at radius 2 is 2.50 bits per heavy atom. The predicted molar refractivity (Wildman–Crippen MR) is 47.6 cm³/mol. The quantitative estimate of drug-likeness (QED) is 0.701. The maximum Gasteiger partial charge on any atom is 0.312 e. The third-order valence-electron chi connectivity index (χ3n) is 1.08. The van der Waals surface area contributed by atoms with Crippen molar-refractivity contribution >= 4 is 32.8 Å². The van der Waals surface area contributed by atoms with Crippen LogP contribution in [0.2, 0.25) is 0 Å². The van der Waals surface area contributed by atoms with Gasteiger partial charge in [-0.1, -0.05) is 6.08 Å². The first-order valence-corrected chi connectivity index (χ1v) is 5.11. The van der Waals surface area contributed by atoms with Crippen LogP contribution in [0, 0.1) is 0 Å². The zero-order valence-corrected chi connectivity index (χ0v) is 7.60. The summed E-state index contributed by atoms with van der Waals surface area (Å²) in [5.41, 5.74) is 0. The maximum absolute atomic E-state index is 10.2. The summed E-state index contributed by atoms with van der Waals surface area (Å²) in [6.45, 7) is 0. The number of hydrogen-bond acceptors (Lipinski definition) is 1. The maximum atomic E-state index is 10.2. The second kappa shape index (κ2) is 3.25.